The van der Waals surface area contributed by atoms with Crippen LogP contribution in [0.3, 0.4) is 0 Å². The van der Waals surface area contributed by atoms with E-state index in [-0.39, 0.29) is 18.4 Å². The first-order chi connectivity index (χ1) is 14.6. The van der Waals surface area contributed by atoms with E-state index in [2.05, 4.69) is 29.6 Å². The van der Waals surface area contributed by atoms with E-state index in [0.717, 1.165) is 21.9 Å². The molecule has 2 amide bonds. The van der Waals surface area contributed by atoms with E-state index in [1.165, 1.54) is 11.8 Å². The van der Waals surface area contributed by atoms with E-state index >= 15 is 0 Å². The molecule has 0 bridgehead atoms. The number of hydrogen-bond acceptors (Lipinski definition) is 5. The number of carbonyl (C=O) groups is 2. The van der Waals surface area contributed by atoms with Gasteiger partial charge in [-0.25, -0.2) is 0 Å². The molecule has 3 aromatic carbocycles. The molecule has 0 saturated carbocycles. The van der Waals surface area contributed by atoms with E-state index < -0.39 is 0 Å². The number of ether oxygens (including phenoxy) is 1. The Hall–Kier alpha value is -3.16. The van der Waals surface area contributed by atoms with Crippen LogP contribution in [0.2, 0.25) is 0 Å². The molecule has 1 fully saturated rings. The molecular weight excluding hydrogens is 416 g/mol. The summed E-state index contributed by atoms with van der Waals surface area (Å²) in [6.07, 6.45) is 1.77. The fraction of sp³-hybridized carbons (Fsp3) is 0.0870. The van der Waals surface area contributed by atoms with Crippen LogP contribution in [0.1, 0.15) is 11.1 Å². The maximum Gasteiger partial charge on any atom is 0.265 e. The van der Waals surface area contributed by atoms with Gasteiger partial charge in [0.05, 0.1) is 17.1 Å². The lowest BCUT2D eigenvalue weighted by atomic mass is 10.1. The van der Waals surface area contributed by atoms with Crippen molar-refractivity contribution >= 4 is 62.7 Å². The lowest BCUT2D eigenvalue weighted by molar-refractivity contribution is -0.121. The van der Waals surface area contributed by atoms with Gasteiger partial charge in [-0.3, -0.25) is 9.59 Å². The van der Waals surface area contributed by atoms with Gasteiger partial charge in [0.1, 0.15) is 10.1 Å². The molecule has 148 valence electrons. The number of nitrogens with one attached hydrogen (secondary N) is 1. The monoisotopic (exact) mass is 432 g/mol. The first-order valence-corrected chi connectivity index (χ1v) is 10.6. The van der Waals surface area contributed by atoms with Crippen molar-refractivity contribution in [3.05, 3.63) is 76.7 Å². The molecule has 2 aliphatic heterocycles. The van der Waals surface area contributed by atoms with Gasteiger partial charge in [0.2, 0.25) is 0 Å². The minimum Gasteiger partial charge on any atom is -0.482 e. The quantitative estimate of drug-likeness (QED) is 0.495. The second-order valence-electron chi connectivity index (χ2n) is 7.03. The van der Waals surface area contributed by atoms with E-state index in [9.17, 15) is 9.59 Å². The van der Waals surface area contributed by atoms with E-state index in [1.54, 1.807) is 11.0 Å². The number of fused-ring (bicyclic) bond motifs is 2. The summed E-state index contributed by atoms with van der Waals surface area (Å²) in [6, 6.07) is 19.9. The van der Waals surface area contributed by atoms with Gasteiger partial charge in [0, 0.05) is 0 Å². The van der Waals surface area contributed by atoms with E-state index in [1.807, 2.05) is 36.4 Å². The number of benzene rings is 3. The van der Waals surface area contributed by atoms with Gasteiger partial charge in [0.25, 0.3) is 11.8 Å². The summed E-state index contributed by atoms with van der Waals surface area (Å²) in [5, 5.41) is 4.91. The third-order valence-electron chi connectivity index (χ3n) is 5.02. The number of nitrogens with zero attached hydrogens (tertiary/aromatic N) is 1. The average molecular weight is 433 g/mol. The molecule has 0 aliphatic carbocycles. The van der Waals surface area contributed by atoms with Gasteiger partial charge in [0.15, 0.2) is 6.61 Å². The standard InChI is InChI=1S/C23H16N2O3S2/c26-21-13-28-19-8-6-14(11-20-22(27)24-23(29)30-20)10-18(19)25(21)12-15-5-7-16-3-1-2-4-17(16)9-15/h1-11H,12-13H2,(H,24,27,29). The van der Waals surface area contributed by atoms with Gasteiger partial charge in [-0.1, -0.05) is 66.4 Å². The van der Waals surface area contributed by atoms with Crippen molar-refractivity contribution in [3.8, 4) is 5.75 Å². The van der Waals surface area contributed by atoms with E-state index in [4.69, 9.17) is 17.0 Å². The van der Waals surface area contributed by atoms with Crippen LogP contribution in [0.15, 0.2) is 65.6 Å². The molecule has 3 aromatic rings. The van der Waals surface area contributed by atoms with Crippen molar-refractivity contribution in [1.29, 1.82) is 0 Å². The molecule has 5 nitrogen and oxygen atoms in total. The summed E-state index contributed by atoms with van der Waals surface area (Å²) in [5.41, 5.74) is 2.53. The summed E-state index contributed by atoms with van der Waals surface area (Å²) in [6.45, 7) is 0.451. The highest BCUT2D eigenvalue weighted by Gasteiger charge is 2.27. The van der Waals surface area contributed by atoms with Crippen molar-refractivity contribution in [2.45, 2.75) is 6.54 Å². The largest absolute Gasteiger partial charge is 0.482 e. The van der Waals surface area contributed by atoms with Crippen LogP contribution in [-0.2, 0) is 16.1 Å². The highest BCUT2D eigenvalue weighted by molar-refractivity contribution is 8.26. The molecule has 5 rings (SSSR count). The van der Waals surface area contributed by atoms with Crippen molar-refractivity contribution in [3.63, 3.8) is 0 Å². The fourth-order valence-corrected chi connectivity index (χ4v) is 4.62. The molecule has 0 atom stereocenters. The number of amides is 2. The van der Waals surface area contributed by atoms with Crippen molar-refractivity contribution in [2.24, 2.45) is 0 Å². The van der Waals surface area contributed by atoms with Gasteiger partial charge in [-0.05, 0) is 46.2 Å². The van der Waals surface area contributed by atoms with Crippen LogP contribution in [0.5, 0.6) is 5.75 Å². The molecule has 0 spiro atoms. The first kappa shape index (κ1) is 18.8. The summed E-state index contributed by atoms with van der Waals surface area (Å²) < 4.78 is 6.06. The Morgan fingerprint density at radius 2 is 1.90 bits per heavy atom. The number of hydrogen-bond donors (Lipinski definition) is 1. The molecular formula is C23H16N2O3S2. The maximum absolute atomic E-state index is 12.7. The third-order valence-corrected chi connectivity index (χ3v) is 6.18. The van der Waals surface area contributed by atoms with Crippen molar-refractivity contribution in [1.82, 2.24) is 5.32 Å². The SMILES string of the molecule is O=C1NC(=S)SC1=Cc1ccc2c(c1)N(Cc1ccc3ccccc3c1)C(=O)CO2. The Bertz CT molecular complexity index is 1250. The molecule has 2 heterocycles. The van der Waals surface area contributed by atoms with Crippen LogP contribution in [0.4, 0.5) is 5.69 Å². The Balaban J connectivity index is 1.49. The normalized spacial score (nSPS) is 17.3. The molecule has 1 N–H and O–H groups in total. The number of rotatable bonds is 3. The van der Waals surface area contributed by atoms with Gasteiger partial charge in [-0.2, -0.15) is 0 Å². The van der Waals surface area contributed by atoms with Crippen LogP contribution >= 0.6 is 24.0 Å². The Morgan fingerprint density at radius 3 is 2.70 bits per heavy atom. The van der Waals surface area contributed by atoms with Crippen molar-refractivity contribution in [2.75, 3.05) is 11.5 Å². The predicted molar refractivity (Wildman–Crippen MR) is 123 cm³/mol. The number of thioether (sulfide) groups is 1. The minimum absolute atomic E-state index is 0.00749. The summed E-state index contributed by atoms with van der Waals surface area (Å²) in [5.74, 6) is 0.342. The fourth-order valence-electron chi connectivity index (χ4n) is 3.57. The Labute approximate surface area is 182 Å². The topological polar surface area (TPSA) is 58.6 Å². The Morgan fingerprint density at radius 1 is 1.07 bits per heavy atom. The number of anilines is 1. The smallest absolute Gasteiger partial charge is 0.265 e. The summed E-state index contributed by atoms with van der Waals surface area (Å²) in [7, 11) is 0. The molecule has 0 unspecified atom stereocenters. The van der Waals surface area contributed by atoms with Crippen LogP contribution in [0.25, 0.3) is 16.8 Å². The molecule has 1 saturated heterocycles. The molecule has 7 heteroatoms. The van der Waals surface area contributed by atoms with Crippen LogP contribution in [0, 0.1) is 0 Å². The predicted octanol–water partition coefficient (Wildman–Crippen LogP) is 4.25. The minimum atomic E-state index is -0.205. The van der Waals surface area contributed by atoms with Crippen LogP contribution < -0.4 is 15.0 Å². The zero-order valence-electron chi connectivity index (χ0n) is 15.8. The molecule has 0 aromatic heterocycles. The second-order valence-corrected chi connectivity index (χ2v) is 8.75. The van der Waals surface area contributed by atoms with Gasteiger partial charge >= 0.3 is 0 Å². The van der Waals surface area contributed by atoms with Gasteiger partial charge < -0.3 is 15.0 Å². The summed E-state index contributed by atoms with van der Waals surface area (Å²) in [4.78, 5) is 26.9. The number of thiocarbonyl (C=S) groups is 1. The average Bonchev–Trinajstić information content (AvgIpc) is 3.06. The van der Waals surface area contributed by atoms with E-state index in [0.29, 0.717) is 27.2 Å². The first-order valence-electron chi connectivity index (χ1n) is 9.36. The van der Waals surface area contributed by atoms with Crippen LogP contribution in [-0.4, -0.2) is 22.7 Å². The maximum atomic E-state index is 12.7. The lowest BCUT2D eigenvalue weighted by Crippen LogP contribution is -2.38. The molecule has 2 aliphatic rings. The van der Waals surface area contributed by atoms with Crippen molar-refractivity contribution < 1.29 is 14.3 Å². The Kier molecular flexibility index (Phi) is 4.77. The zero-order chi connectivity index (χ0) is 20.7. The highest BCUT2D eigenvalue weighted by atomic mass is 32.2. The molecule has 30 heavy (non-hydrogen) atoms. The highest BCUT2D eigenvalue weighted by Crippen LogP contribution is 2.36. The third kappa shape index (κ3) is 3.58. The summed E-state index contributed by atoms with van der Waals surface area (Å²) >= 11 is 6.28. The van der Waals surface area contributed by atoms with Gasteiger partial charge in [-0.15, -0.1) is 0 Å². The lowest BCUT2D eigenvalue weighted by Gasteiger charge is -2.30. The second kappa shape index (κ2) is 7.59. The number of carbonyl (C=O) groups excluding carboxylic acids is 2. The zero-order valence-corrected chi connectivity index (χ0v) is 17.4. The molecule has 0 radical (unpaired) electrons.